The number of aryl methyl sites for hydroxylation is 2. The number of hydrogen-bond donors (Lipinski definition) is 0. The molecule has 0 amide bonds. The minimum Gasteiger partial charge on any atom is -0.462 e. The highest BCUT2D eigenvalue weighted by atomic mass is 16.5. The standard InChI is InChI=1S/C14H20N4O2/c1-6-18-13-10(14(19)20-7-2)9(5)15-11(8(3)4)12(13)16-17-18/h8H,6-7H2,1-5H3. The number of rotatable bonds is 4. The molecule has 108 valence electrons. The Labute approximate surface area is 118 Å². The van der Waals surface area contributed by atoms with Crippen LogP contribution >= 0.6 is 0 Å². The maximum Gasteiger partial charge on any atom is 0.342 e. The van der Waals surface area contributed by atoms with Crippen LogP contribution in [0.25, 0.3) is 11.0 Å². The summed E-state index contributed by atoms with van der Waals surface area (Å²) < 4.78 is 6.86. The van der Waals surface area contributed by atoms with Gasteiger partial charge in [-0.05, 0) is 26.7 Å². The van der Waals surface area contributed by atoms with Crippen molar-refractivity contribution in [2.45, 2.75) is 47.1 Å². The molecule has 0 aliphatic rings. The van der Waals surface area contributed by atoms with Crippen molar-refractivity contribution in [3.8, 4) is 0 Å². The van der Waals surface area contributed by atoms with Crippen molar-refractivity contribution in [1.82, 2.24) is 20.0 Å². The number of ether oxygens (including phenoxy) is 1. The number of carbonyl (C=O) groups excluding carboxylic acids is 1. The Morgan fingerprint density at radius 1 is 1.35 bits per heavy atom. The summed E-state index contributed by atoms with van der Waals surface area (Å²) in [5.41, 5.74) is 3.41. The van der Waals surface area contributed by atoms with E-state index in [0.29, 0.717) is 29.9 Å². The van der Waals surface area contributed by atoms with Crippen LogP contribution in [-0.4, -0.2) is 32.6 Å². The largest absolute Gasteiger partial charge is 0.462 e. The van der Waals surface area contributed by atoms with Crippen molar-refractivity contribution < 1.29 is 9.53 Å². The maximum atomic E-state index is 12.2. The second-order valence-electron chi connectivity index (χ2n) is 4.94. The van der Waals surface area contributed by atoms with Crippen molar-refractivity contribution in [2.75, 3.05) is 6.61 Å². The van der Waals surface area contributed by atoms with E-state index in [0.717, 1.165) is 11.2 Å². The van der Waals surface area contributed by atoms with E-state index in [1.807, 2.05) is 13.8 Å². The Morgan fingerprint density at radius 2 is 2.05 bits per heavy atom. The molecule has 2 aromatic heterocycles. The van der Waals surface area contributed by atoms with Gasteiger partial charge in [0.1, 0.15) is 16.6 Å². The Hall–Kier alpha value is -1.98. The van der Waals surface area contributed by atoms with Crippen LogP contribution in [0.1, 0.15) is 55.4 Å². The second kappa shape index (κ2) is 5.56. The molecular weight excluding hydrogens is 256 g/mol. The van der Waals surface area contributed by atoms with E-state index in [1.54, 1.807) is 11.6 Å². The van der Waals surface area contributed by atoms with Crippen LogP contribution in [0.5, 0.6) is 0 Å². The SMILES string of the molecule is CCOC(=O)c1c(C)nc(C(C)C)c2nnn(CC)c12. The summed E-state index contributed by atoms with van der Waals surface area (Å²) in [6.45, 7) is 10.7. The van der Waals surface area contributed by atoms with Crippen LogP contribution in [0, 0.1) is 6.92 Å². The lowest BCUT2D eigenvalue weighted by molar-refractivity contribution is 0.0526. The van der Waals surface area contributed by atoms with Crippen molar-refractivity contribution in [3.05, 3.63) is 17.0 Å². The molecule has 0 bridgehead atoms. The van der Waals surface area contributed by atoms with Gasteiger partial charge < -0.3 is 4.74 Å². The highest BCUT2D eigenvalue weighted by molar-refractivity contribution is 6.03. The molecule has 0 radical (unpaired) electrons. The molecule has 0 spiro atoms. The zero-order chi connectivity index (χ0) is 14.9. The first-order valence-corrected chi connectivity index (χ1v) is 6.92. The molecule has 0 unspecified atom stereocenters. The van der Waals surface area contributed by atoms with E-state index in [9.17, 15) is 4.79 Å². The van der Waals surface area contributed by atoms with E-state index in [-0.39, 0.29) is 11.9 Å². The average Bonchev–Trinajstić information content (AvgIpc) is 2.81. The summed E-state index contributed by atoms with van der Waals surface area (Å²) in [7, 11) is 0. The quantitative estimate of drug-likeness (QED) is 0.802. The second-order valence-corrected chi connectivity index (χ2v) is 4.94. The third kappa shape index (κ3) is 2.26. The molecule has 6 heteroatoms. The molecule has 2 rings (SSSR count). The number of hydrogen-bond acceptors (Lipinski definition) is 5. The number of fused-ring (bicyclic) bond motifs is 1. The van der Waals surface area contributed by atoms with Gasteiger partial charge in [0.05, 0.1) is 18.0 Å². The first-order chi connectivity index (χ1) is 9.51. The number of aromatic nitrogens is 4. The monoisotopic (exact) mass is 276 g/mol. The summed E-state index contributed by atoms with van der Waals surface area (Å²) in [5.74, 6) is -0.149. The highest BCUT2D eigenvalue weighted by Crippen LogP contribution is 2.27. The molecule has 0 aliphatic heterocycles. The maximum absolute atomic E-state index is 12.2. The van der Waals surface area contributed by atoms with Gasteiger partial charge in [0.15, 0.2) is 0 Å². The number of esters is 1. The lowest BCUT2D eigenvalue weighted by Gasteiger charge is -2.12. The molecule has 0 saturated heterocycles. The van der Waals surface area contributed by atoms with Gasteiger partial charge in [0.2, 0.25) is 0 Å². The van der Waals surface area contributed by atoms with Gasteiger partial charge in [0, 0.05) is 6.54 Å². The normalized spacial score (nSPS) is 11.3. The van der Waals surface area contributed by atoms with Gasteiger partial charge >= 0.3 is 5.97 Å². The van der Waals surface area contributed by atoms with Gasteiger partial charge in [-0.15, -0.1) is 5.10 Å². The zero-order valence-electron chi connectivity index (χ0n) is 12.6. The van der Waals surface area contributed by atoms with Gasteiger partial charge in [-0.1, -0.05) is 19.1 Å². The molecular formula is C14H20N4O2. The van der Waals surface area contributed by atoms with Crippen molar-refractivity contribution in [2.24, 2.45) is 0 Å². The summed E-state index contributed by atoms with van der Waals surface area (Å²) in [6.07, 6.45) is 0. The fourth-order valence-corrected chi connectivity index (χ4v) is 2.27. The predicted octanol–water partition coefficient (Wildman–Crippen LogP) is 2.45. The molecule has 2 heterocycles. The lowest BCUT2D eigenvalue weighted by Crippen LogP contribution is -2.13. The van der Waals surface area contributed by atoms with E-state index >= 15 is 0 Å². The summed E-state index contributed by atoms with van der Waals surface area (Å²) in [4.78, 5) is 16.7. The molecule has 2 aromatic rings. The Bertz CT molecular complexity index is 646. The lowest BCUT2D eigenvalue weighted by atomic mass is 10.0. The topological polar surface area (TPSA) is 69.9 Å². The van der Waals surface area contributed by atoms with Crippen molar-refractivity contribution in [1.29, 1.82) is 0 Å². The molecule has 0 saturated carbocycles. The summed E-state index contributed by atoms with van der Waals surface area (Å²) >= 11 is 0. The van der Waals surface area contributed by atoms with E-state index in [2.05, 4.69) is 29.1 Å². The molecule has 0 aromatic carbocycles. The predicted molar refractivity (Wildman–Crippen MR) is 75.8 cm³/mol. The van der Waals surface area contributed by atoms with Gasteiger partial charge in [-0.2, -0.15) is 0 Å². The number of nitrogens with zero attached hydrogens (tertiary/aromatic N) is 4. The van der Waals surface area contributed by atoms with Crippen LogP contribution in [0.2, 0.25) is 0 Å². The molecule has 0 N–H and O–H groups in total. The highest BCUT2D eigenvalue weighted by Gasteiger charge is 2.24. The minimum absolute atomic E-state index is 0.217. The van der Waals surface area contributed by atoms with E-state index < -0.39 is 0 Å². The van der Waals surface area contributed by atoms with Gasteiger partial charge in [-0.25, -0.2) is 9.48 Å². The minimum atomic E-state index is -0.366. The van der Waals surface area contributed by atoms with E-state index in [1.165, 1.54) is 0 Å². The van der Waals surface area contributed by atoms with Crippen molar-refractivity contribution in [3.63, 3.8) is 0 Å². The van der Waals surface area contributed by atoms with Crippen LogP contribution < -0.4 is 0 Å². The van der Waals surface area contributed by atoms with Crippen molar-refractivity contribution >= 4 is 17.0 Å². The van der Waals surface area contributed by atoms with E-state index in [4.69, 9.17) is 4.74 Å². The third-order valence-electron chi connectivity index (χ3n) is 3.19. The average molecular weight is 276 g/mol. The Balaban J connectivity index is 2.80. The summed E-state index contributed by atoms with van der Waals surface area (Å²) in [6, 6.07) is 0. The molecule has 20 heavy (non-hydrogen) atoms. The number of pyridine rings is 1. The smallest absolute Gasteiger partial charge is 0.342 e. The van der Waals surface area contributed by atoms with Crippen LogP contribution in [0.3, 0.4) is 0 Å². The molecule has 0 fully saturated rings. The van der Waals surface area contributed by atoms with Crippen LogP contribution in [0.15, 0.2) is 0 Å². The first kappa shape index (κ1) is 14.4. The summed E-state index contributed by atoms with van der Waals surface area (Å²) in [5, 5.41) is 8.32. The fraction of sp³-hybridized carbons (Fsp3) is 0.571. The third-order valence-corrected chi connectivity index (χ3v) is 3.19. The van der Waals surface area contributed by atoms with Gasteiger partial charge in [-0.3, -0.25) is 4.98 Å². The molecule has 0 atom stereocenters. The van der Waals surface area contributed by atoms with Crippen LogP contribution in [-0.2, 0) is 11.3 Å². The Morgan fingerprint density at radius 3 is 2.60 bits per heavy atom. The molecule has 6 nitrogen and oxygen atoms in total. The zero-order valence-corrected chi connectivity index (χ0v) is 12.6. The van der Waals surface area contributed by atoms with Gasteiger partial charge in [0.25, 0.3) is 0 Å². The number of carbonyl (C=O) groups is 1. The fourth-order valence-electron chi connectivity index (χ4n) is 2.27. The first-order valence-electron chi connectivity index (χ1n) is 6.92. The van der Waals surface area contributed by atoms with Crippen LogP contribution in [0.4, 0.5) is 0 Å². The Kier molecular flexibility index (Phi) is 4.01. The molecule has 0 aliphatic carbocycles.